The average molecular weight is 268 g/mol. The van der Waals surface area contributed by atoms with Crippen LogP contribution in [0.1, 0.15) is 5.69 Å². The van der Waals surface area contributed by atoms with Crippen molar-refractivity contribution in [3.8, 4) is 5.75 Å². The number of nitrogens with zero attached hydrogens (tertiary/aromatic N) is 1. The third kappa shape index (κ3) is 2.54. The predicted molar refractivity (Wildman–Crippen MR) is 77.1 cm³/mol. The number of phenols is 1. The molecule has 1 aromatic heterocycles. The Hall–Kier alpha value is -2.62. The zero-order chi connectivity index (χ0) is 13.9. The van der Waals surface area contributed by atoms with Gasteiger partial charge >= 0.3 is 0 Å². The van der Waals surface area contributed by atoms with Gasteiger partial charge in [-0.05, 0) is 36.4 Å². The molecule has 0 bridgehead atoms. The first-order chi connectivity index (χ1) is 9.72. The molecule has 0 atom stereocenters. The van der Waals surface area contributed by atoms with Crippen molar-refractivity contribution in [2.24, 2.45) is 0 Å². The fraction of sp³-hybridized carbons (Fsp3) is 0.0625. The maximum absolute atomic E-state index is 12.8. The van der Waals surface area contributed by atoms with Crippen LogP contribution in [0.15, 0.2) is 54.6 Å². The van der Waals surface area contributed by atoms with Crippen molar-refractivity contribution < 1.29 is 9.50 Å². The van der Waals surface area contributed by atoms with Crippen LogP contribution in [0, 0.1) is 5.82 Å². The molecule has 0 unspecified atom stereocenters. The van der Waals surface area contributed by atoms with E-state index in [4.69, 9.17) is 0 Å². The van der Waals surface area contributed by atoms with Gasteiger partial charge in [0.25, 0.3) is 0 Å². The minimum atomic E-state index is -0.260. The highest BCUT2D eigenvalue weighted by atomic mass is 19.1. The average Bonchev–Trinajstić information content (AvgIpc) is 2.47. The number of benzene rings is 2. The molecule has 0 spiro atoms. The van der Waals surface area contributed by atoms with Gasteiger partial charge in [-0.25, -0.2) is 9.37 Å². The molecule has 0 saturated carbocycles. The molecule has 3 rings (SSSR count). The molecule has 2 N–H and O–H groups in total. The fourth-order valence-electron chi connectivity index (χ4n) is 2.03. The SMILES string of the molecule is Oc1cccc2ccc(CNc3ccc(F)cc3)nc12. The topological polar surface area (TPSA) is 45.1 Å². The minimum absolute atomic E-state index is 0.172. The van der Waals surface area contributed by atoms with Crippen molar-refractivity contribution in [1.29, 1.82) is 0 Å². The Morgan fingerprint density at radius 1 is 1.00 bits per heavy atom. The molecule has 3 aromatic rings. The minimum Gasteiger partial charge on any atom is -0.506 e. The summed E-state index contributed by atoms with van der Waals surface area (Å²) in [6, 6.07) is 15.3. The monoisotopic (exact) mass is 268 g/mol. The molecule has 4 heteroatoms. The summed E-state index contributed by atoms with van der Waals surface area (Å²) in [6.07, 6.45) is 0. The maximum atomic E-state index is 12.8. The van der Waals surface area contributed by atoms with E-state index >= 15 is 0 Å². The number of hydrogen-bond acceptors (Lipinski definition) is 3. The highest BCUT2D eigenvalue weighted by molar-refractivity contribution is 5.84. The first-order valence-electron chi connectivity index (χ1n) is 6.29. The summed E-state index contributed by atoms with van der Waals surface area (Å²) in [7, 11) is 0. The summed E-state index contributed by atoms with van der Waals surface area (Å²) in [5.41, 5.74) is 2.22. The number of para-hydroxylation sites is 1. The van der Waals surface area contributed by atoms with Crippen LogP contribution in [0.3, 0.4) is 0 Å². The van der Waals surface area contributed by atoms with Crippen LogP contribution in [-0.4, -0.2) is 10.1 Å². The lowest BCUT2D eigenvalue weighted by Gasteiger charge is -2.07. The lowest BCUT2D eigenvalue weighted by atomic mass is 10.2. The number of pyridine rings is 1. The first-order valence-corrected chi connectivity index (χ1v) is 6.29. The normalized spacial score (nSPS) is 10.7. The molecule has 0 aliphatic rings. The van der Waals surface area contributed by atoms with Crippen LogP contribution >= 0.6 is 0 Å². The van der Waals surface area contributed by atoms with Crippen LogP contribution in [0.5, 0.6) is 5.75 Å². The highest BCUT2D eigenvalue weighted by Gasteiger charge is 2.02. The zero-order valence-corrected chi connectivity index (χ0v) is 10.7. The van der Waals surface area contributed by atoms with Gasteiger partial charge in [-0.15, -0.1) is 0 Å². The molecule has 2 aromatic carbocycles. The van der Waals surface area contributed by atoms with Crippen molar-refractivity contribution in [2.45, 2.75) is 6.54 Å². The summed E-state index contributed by atoms with van der Waals surface area (Å²) in [5, 5.41) is 13.8. The zero-order valence-electron chi connectivity index (χ0n) is 10.7. The van der Waals surface area contributed by atoms with E-state index in [0.29, 0.717) is 12.1 Å². The number of halogens is 1. The van der Waals surface area contributed by atoms with Crippen molar-refractivity contribution >= 4 is 16.6 Å². The number of anilines is 1. The van der Waals surface area contributed by atoms with Crippen LogP contribution < -0.4 is 5.32 Å². The second kappa shape index (κ2) is 5.17. The summed E-state index contributed by atoms with van der Waals surface area (Å²) in [5.74, 6) is -0.0876. The number of rotatable bonds is 3. The van der Waals surface area contributed by atoms with E-state index in [1.807, 2.05) is 18.2 Å². The standard InChI is InChI=1S/C16H13FN2O/c17-12-5-8-13(9-6-12)18-10-14-7-4-11-2-1-3-15(20)16(11)19-14/h1-9,18,20H,10H2. The number of nitrogens with one attached hydrogen (secondary N) is 1. The van der Waals surface area contributed by atoms with E-state index in [-0.39, 0.29) is 11.6 Å². The van der Waals surface area contributed by atoms with Crippen LogP contribution in [-0.2, 0) is 6.54 Å². The molecule has 0 aliphatic carbocycles. The molecule has 0 fully saturated rings. The quantitative estimate of drug-likeness (QED) is 0.761. The largest absolute Gasteiger partial charge is 0.506 e. The second-order valence-electron chi connectivity index (χ2n) is 4.51. The molecule has 0 radical (unpaired) electrons. The van der Waals surface area contributed by atoms with E-state index in [9.17, 15) is 9.50 Å². The Bertz CT molecular complexity index is 741. The van der Waals surface area contributed by atoms with Gasteiger partial charge in [0, 0.05) is 11.1 Å². The van der Waals surface area contributed by atoms with Gasteiger partial charge in [0.05, 0.1) is 12.2 Å². The molecule has 0 aliphatic heterocycles. The third-order valence-electron chi connectivity index (χ3n) is 3.07. The van der Waals surface area contributed by atoms with E-state index in [2.05, 4.69) is 10.3 Å². The molecule has 100 valence electrons. The number of phenolic OH excluding ortho intramolecular Hbond substituents is 1. The summed E-state index contributed by atoms with van der Waals surface area (Å²) < 4.78 is 12.8. The second-order valence-corrected chi connectivity index (χ2v) is 4.51. The van der Waals surface area contributed by atoms with E-state index in [1.165, 1.54) is 12.1 Å². The van der Waals surface area contributed by atoms with Crippen LogP contribution in [0.25, 0.3) is 10.9 Å². The molecule has 1 heterocycles. The fourth-order valence-corrected chi connectivity index (χ4v) is 2.03. The van der Waals surface area contributed by atoms with Gasteiger partial charge in [-0.1, -0.05) is 18.2 Å². The van der Waals surface area contributed by atoms with Gasteiger partial charge in [0.1, 0.15) is 17.1 Å². The number of aromatic nitrogens is 1. The summed E-state index contributed by atoms with van der Waals surface area (Å²) in [6.45, 7) is 0.510. The Balaban J connectivity index is 1.81. The molecule has 0 saturated heterocycles. The Kier molecular flexibility index (Phi) is 3.21. The predicted octanol–water partition coefficient (Wildman–Crippen LogP) is 3.69. The molecular weight excluding hydrogens is 255 g/mol. The van der Waals surface area contributed by atoms with Crippen LogP contribution in [0.2, 0.25) is 0 Å². The van der Waals surface area contributed by atoms with E-state index in [0.717, 1.165) is 16.8 Å². The van der Waals surface area contributed by atoms with Gasteiger partial charge in [-0.3, -0.25) is 0 Å². The summed E-state index contributed by atoms with van der Waals surface area (Å²) >= 11 is 0. The number of aromatic hydroxyl groups is 1. The van der Waals surface area contributed by atoms with Crippen molar-refractivity contribution in [3.05, 3.63) is 66.1 Å². The Morgan fingerprint density at radius 2 is 1.80 bits per heavy atom. The first kappa shape index (κ1) is 12.4. The summed E-state index contributed by atoms with van der Waals surface area (Å²) in [4.78, 5) is 4.42. The van der Waals surface area contributed by atoms with Gasteiger partial charge in [0.2, 0.25) is 0 Å². The van der Waals surface area contributed by atoms with E-state index < -0.39 is 0 Å². The molecule has 20 heavy (non-hydrogen) atoms. The number of hydrogen-bond donors (Lipinski definition) is 2. The molecular formula is C16H13FN2O. The molecule has 3 nitrogen and oxygen atoms in total. The van der Waals surface area contributed by atoms with Crippen molar-refractivity contribution in [3.63, 3.8) is 0 Å². The van der Waals surface area contributed by atoms with Gasteiger partial charge < -0.3 is 10.4 Å². The Morgan fingerprint density at radius 3 is 2.60 bits per heavy atom. The maximum Gasteiger partial charge on any atom is 0.141 e. The smallest absolute Gasteiger partial charge is 0.141 e. The molecule has 0 amide bonds. The van der Waals surface area contributed by atoms with E-state index in [1.54, 1.807) is 24.3 Å². The van der Waals surface area contributed by atoms with Crippen molar-refractivity contribution in [1.82, 2.24) is 4.98 Å². The lowest BCUT2D eigenvalue weighted by molar-refractivity contribution is 0.480. The number of fused-ring (bicyclic) bond motifs is 1. The Labute approximate surface area is 115 Å². The third-order valence-corrected chi connectivity index (χ3v) is 3.07. The van der Waals surface area contributed by atoms with Crippen LogP contribution in [0.4, 0.5) is 10.1 Å². The van der Waals surface area contributed by atoms with Gasteiger partial charge in [0.15, 0.2) is 0 Å². The lowest BCUT2D eigenvalue weighted by Crippen LogP contribution is -2.01. The highest BCUT2D eigenvalue weighted by Crippen LogP contribution is 2.22. The van der Waals surface area contributed by atoms with Gasteiger partial charge in [-0.2, -0.15) is 0 Å². The van der Waals surface area contributed by atoms with Crippen molar-refractivity contribution in [2.75, 3.05) is 5.32 Å².